The standard InChI is InChI=1S/C17H13F6NO/c1-10-3-2-4-12(5-10)15(25)24-9-11-6-13(16(18,19)20)8-14(7-11)17(21,22)23/h2-8H,9H2,1H3,(H,24,25). The first-order valence-corrected chi connectivity index (χ1v) is 7.10. The Kier molecular flexibility index (Phi) is 5.10. The first-order chi connectivity index (χ1) is 11.5. The number of hydrogen-bond acceptors (Lipinski definition) is 1. The van der Waals surface area contributed by atoms with E-state index in [0.717, 1.165) is 5.56 Å². The highest BCUT2D eigenvalue weighted by Gasteiger charge is 2.36. The van der Waals surface area contributed by atoms with Gasteiger partial charge in [0, 0.05) is 12.1 Å². The van der Waals surface area contributed by atoms with Crippen LogP contribution in [0.2, 0.25) is 0 Å². The minimum Gasteiger partial charge on any atom is -0.348 e. The van der Waals surface area contributed by atoms with Crippen molar-refractivity contribution in [1.82, 2.24) is 5.32 Å². The molecule has 0 radical (unpaired) electrons. The van der Waals surface area contributed by atoms with E-state index in [4.69, 9.17) is 0 Å². The maximum atomic E-state index is 12.8. The summed E-state index contributed by atoms with van der Waals surface area (Å²) in [5.41, 5.74) is -2.05. The average molecular weight is 361 g/mol. The fourth-order valence-corrected chi connectivity index (χ4v) is 2.19. The maximum absolute atomic E-state index is 12.8. The summed E-state index contributed by atoms with van der Waals surface area (Å²) in [6.45, 7) is 1.29. The Bertz CT molecular complexity index is 747. The number of benzene rings is 2. The molecular weight excluding hydrogens is 348 g/mol. The quantitative estimate of drug-likeness (QED) is 0.769. The summed E-state index contributed by atoms with van der Waals surface area (Å²) >= 11 is 0. The van der Waals surface area contributed by atoms with Crippen molar-refractivity contribution in [2.75, 3.05) is 0 Å². The van der Waals surface area contributed by atoms with Gasteiger partial charge in [0.05, 0.1) is 11.1 Å². The van der Waals surface area contributed by atoms with Crippen molar-refractivity contribution in [2.24, 2.45) is 0 Å². The molecule has 2 aromatic carbocycles. The number of nitrogens with one attached hydrogen (secondary N) is 1. The minimum absolute atomic E-state index is 0.0475. The molecule has 0 unspecified atom stereocenters. The van der Waals surface area contributed by atoms with Crippen LogP contribution in [0.3, 0.4) is 0 Å². The van der Waals surface area contributed by atoms with Crippen LogP contribution in [0.5, 0.6) is 0 Å². The summed E-state index contributed by atoms with van der Waals surface area (Å²) < 4.78 is 76.7. The zero-order valence-corrected chi connectivity index (χ0v) is 12.9. The fourth-order valence-electron chi connectivity index (χ4n) is 2.19. The first kappa shape index (κ1) is 18.8. The number of aryl methyl sites for hydroxylation is 1. The molecule has 0 aromatic heterocycles. The molecule has 0 bridgehead atoms. The highest BCUT2D eigenvalue weighted by atomic mass is 19.4. The SMILES string of the molecule is Cc1cccc(C(=O)NCc2cc(C(F)(F)F)cc(C(F)(F)F)c2)c1. The minimum atomic E-state index is -4.92. The van der Waals surface area contributed by atoms with Gasteiger partial charge in [-0.05, 0) is 42.8 Å². The summed E-state index contributed by atoms with van der Waals surface area (Å²) in [5, 5.41) is 2.33. The zero-order valence-electron chi connectivity index (χ0n) is 12.9. The molecular formula is C17H13F6NO. The molecule has 0 aliphatic heterocycles. The third kappa shape index (κ3) is 4.98. The molecule has 0 atom stereocenters. The smallest absolute Gasteiger partial charge is 0.348 e. The molecule has 1 N–H and O–H groups in total. The Morgan fingerprint density at radius 2 is 1.48 bits per heavy atom. The Hall–Kier alpha value is -2.51. The lowest BCUT2D eigenvalue weighted by molar-refractivity contribution is -0.143. The predicted molar refractivity (Wildman–Crippen MR) is 78.8 cm³/mol. The van der Waals surface area contributed by atoms with Gasteiger partial charge in [-0.2, -0.15) is 26.3 Å². The van der Waals surface area contributed by atoms with Crippen LogP contribution in [-0.2, 0) is 18.9 Å². The van der Waals surface area contributed by atoms with Gasteiger partial charge in [-0.15, -0.1) is 0 Å². The molecule has 0 aliphatic rings. The Balaban J connectivity index is 2.25. The van der Waals surface area contributed by atoms with E-state index < -0.39 is 35.9 Å². The highest BCUT2D eigenvalue weighted by Crippen LogP contribution is 2.36. The molecule has 0 saturated heterocycles. The van der Waals surface area contributed by atoms with Crippen LogP contribution >= 0.6 is 0 Å². The predicted octanol–water partition coefficient (Wildman–Crippen LogP) is 4.96. The van der Waals surface area contributed by atoms with E-state index in [0.29, 0.717) is 12.1 Å². The number of rotatable bonds is 3. The van der Waals surface area contributed by atoms with Crippen LogP contribution in [0, 0.1) is 6.92 Å². The van der Waals surface area contributed by atoms with E-state index in [1.807, 2.05) is 0 Å². The molecule has 0 saturated carbocycles. The van der Waals surface area contributed by atoms with Crippen molar-refractivity contribution in [3.63, 3.8) is 0 Å². The molecule has 0 spiro atoms. The van der Waals surface area contributed by atoms with Gasteiger partial charge >= 0.3 is 12.4 Å². The highest BCUT2D eigenvalue weighted by molar-refractivity contribution is 5.94. The van der Waals surface area contributed by atoms with Crippen molar-refractivity contribution in [3.8, 4) is 0 Å². The summed E-state index contributed by atoms with van der Waals surface area (Å²) in [6, 6.07) is 7.65. The van der Waals surface area contributed by atoms with Crippen LogP contribution in [0.1, 0.15) is 32.6 Å². The second-order valence-corrected chi connectivity index (χ2v) is 5.47. The fraction of sp³-hybridized carbons (Fsp3) is 0.235. The number of halogens is 6. The number of carbonyl (C=O) groups excluding carboxylic acids is 1. The van der Waals surface area contributed by atoms with Crippen molar-refractivity contribution in [1.29, 1.82) is 0 Å². The lowest BCUT2D eigenvalue weighted by Gasteiger charge is -2.14. The zero-order chi connectivity index (χ0) is 18.8. The molecule has 0 heterocycles. The Labute approximate surface area is 139 Å². The van der Waals surface area contributed by atoms with Gasteiger partial charge in [-0.1, -0.05) is 17.7 Å². The molecule has 0 aliphatic carbocycles. The van der Waals surface area contributed by atoms with Crippen molar-refractivity contribution in [3.05, 3.63) is 70.3 Å². The molecule has 2 aromatic rings. The lowest BCUT2D eigenvalue weighted by Crippen LogP contribution is -2.23. The normalized spacial score (nSPS) is 12.1. The largest absolute Gasteiger partial charge is 0.416 e. The topological polar surface area (TPSA) is 29.1 Å². The molecule has 2 rings (SSSR count). The van der Waals surface area contributed by atoms with Crippen LogP contribution in [-0.4, -0.2) is 5.91 Å². The van der Waals surface area contributed by atoms with Gasteiger partial charge in [-0.25, -0.2) is 0 Å². The van der Waals surface area contributed by atoms with E-state index >= 15 is 0 Å². The van der Waals surface area contributed by atoms with Gasteiger partial charge in [0.25, 0.3) is 5.91 Å². The second-order valence-electron chi connectivity index (χ2n) is 5.47. The third-order valence-electron chi connectivity index (χ3n) is 3.38. The summed E-state index contributed by atoms with van der Waals surface area (Å²) in [7, 11) is 0. The monoisotopic (exact) mass is 361 g/mol. The van der Waals surface area contributed by atoms with Crippen molar-refractivity contribution in [2.45, 2.75) is 25.8 Å². The van der Waals surface area contributed by atoms with Gasteiger partial charge in [0.15, 0.2) is 0 Å². The van der Waals surface area contributed by atoms with Gasteiger partial charge in [0.1, 0.15) is 0 Å². The molecule has 0 fully saturated rings. The number of carbonyl (C=O) groups is 1. The second kappa shape index (κ2) is 6.78. The third-order valence-corrected chi connectivity index (χ3v) is 3.38. The van der Waals surface area contributed by atoms with Crippen LogP contribution in [0.15, 0.2) is 42.5 Å². The molecule has 2 nitrogen and oxygen atoms in total. The summed E-state index contributed by atoms with van der Waals surface area (Å²) in [4.78, 5) is 12.0. The summed E-state index contributed by atoms with van der Waals surface area (Å²) in [5.74, 6) is -0.588. The average Bonchev–Trinajstić information content (AvgIpc) is 2.50. The van der Waals surface area contributed by atoms with Crippen LogP contribution in [0.4, 0.5) is 26.3 Å². The Morgan fingerprint density at radius 1 is 0.920 bits per heavy atom. The first-order valence-electron chi connectivity index (χ1n) is 7.10. The number of amides is 1. The van der Waals surface area contributed by atoms with Gasteiger partial charge < -0.3 is 5.32 Å². The molecule has 1 amide bonds. The molecule has 25 heavy (non-hydrogen) atoms. The van der Waals surface area contributed by atoms with Gasteiger partial charge in [0.2, 0.25) is 0 Å². The van der Waals surface area contributed by atoms with E-state index in [9.17, 15) is 31.1 Å². The van der Waals surface area contributed by atoms with E-state index in [1.165, 1.54) is 6.07 Å². The van der Waals surface area contributed by atoms with Crippen molar-refractivity contribution >= 4 is 5.91 Å². The lowest BCUT2D eigenvalue weighted by atomic mass is 10.0. The van der Waals surface area contributed by atoms with E-state index in [1.54, 1.807) is 25.1 Å². The molecule has 8 heteroatoms. The van der Waals surface area contributed by atoms with Crippen LogP contribution < -0.4 is 5.32 Å². The molecule has 134 valence electrons. The maximum Gasteiger partial charge on any atom is 0.416 e. The van der Waals surface area contributed by atoms with Gasteiger partial charge in [-0.3, -0.25) is 4.79 Å². The van der Waals surface area contributed by atoms with E-state index in [-0.39, 0.29) is 17.2 Å². The van der Waals surface area contributed by atoms with E-state index in [2.05, 4.69) is 5.32 Å². The Morgan fingerprint density at radius 3 is 1.96 bits per heavy atom. The number of hydrogen-bond donors (Lipinski definition) is 1. The summed E-state index contributed by atoms with van der Waals surface area (Å²) in [6.07, 6.45) is -9.84. The number of alkyl halides is 6. The van der Waals surface area contributed by atoms with Crippen molar-refractivity contribution < 1.29 is 31.1 Å². The van der Waals surface area contributed by atoms with Crippen LogP contribution in [0.25, 0.3) is 0 Å².